The van der Waals surface area contributed by atoms with Crippen LogP contribution in [0.1, 0.15) is 24.5 Å². The van der Waals surface area contributed by atoms with Crippen molar-refractivity contribution in [2.75, 3.05) is 6.61 Å². The summed E-state index contributed by atoms with van der Waals surface area (Å²) < 4.78 is 70.9. The fourth-order valence-electron chi connectivity index (χ4n) is 1.47. The van der Waals surface area contributed by atoms with E-state index >= 15 is 0 Å². The summed E-state index contributed by atoms with van der Waals surface area (Å²) in [4.78, 5) is 14.6. The normalized spacial score (nSPS) is 11.6. The average molecular weight is 425 g/mol. The Morgan fingerprint density at radius 3 is 2.52 bits per heavy atom. The van der Waals surface area contributed by atoms with Crippen molar-refractivity contribution in [3.63, 3.8) is 0 Å². The van der Waals surface area contributed by atoms with Gasteiger partial charge in [-0.25, -0.2) is 13.8 Å². The van der Waals surface area contributed by atoms with Crippen LogP contribution in [0.3, 0.4) is 0 Å². The molecule has 0 amide bonds. The molecule has 0 aliphatic heterocycles. The van der Waals surface area contributed by atoms with E-state index in [-0.39, 0.29) is 15.7 Å². The van der Waals surface area contributed by atoms with E-state index in [1.807, 2.05) is 0 Å². The van der Waals surface area contributed by atoms with E-state index in [2.05, 4.69) is 14.5 Å². The van der Waals surface area contributed by atoms with Gasteiger partial charge >= 0.3 is 12.3 Å². The molecule has 0 radical (unpaired) electrons. The minimum Gasteiger partial charge on any atom is -0.466 e. The molecule has 0 N–H and O–H groups in total. The molecule has 0 fully saturated rings. The first-order valence-electron chi connectivity index (χ1n) is 5.52. The van der Waals surface area contributed by atoms with Crippen LogP contribution >= 0.6 is 22.6 Å². The number of carbonyl (C=O) groups excluding carboxylic acids is 1. The van der Waals surface area contributed by atoms with E-state index in [4.69, 9.17) is 0 Å². The van der Waals surface area contributed by atoms with Gasteiger partial charge in [-0.1, -0.05) is 0 Å². The second kappa shape index (κ2) is 7.18. The van der Waals surface area contributed by atoms with E-state index in [1.165, 1.54) is 6.92 Å². The SMILES string of the molecule is CCOC(=O)Cc1c(I)cnc(OC(F)(F)F)c1C(F)F. The maximum absolute atomic E-state index is 13.0. The monoisotopic (exact) mass is 425 g/mol. The Labute approximate surface area is 129 Å². The zero-order valence-electron chi connectivity index (χ0n) is 10.5. The lowest BCUT2D eigenvalue weighted by Gasteiger charge is -2.16. The number of aromatic nitrogens is 1. The minimum absolute atomic E-state index is 0.0242. The number of ether oxygens (including phenoxy) is 2. The van der Waals surface area contributed by atoms with Crippen LogP contribution in [-0.2, 0) is 16.0 Å². The highest BCUT2D eigenvalue weighted by atomic mass is 127. The molecule has 0 aliphatic rings. The number of hydrogen-bond acceptors (Lipinski definition) is 4. The zero-order valence-corrected chi connectivity index (χ0v) is 12.7. The standard InChI is InChI=1S/C11H9F5INO3/c1-2-20-7(19)3-5-6(17)4-18-10(8(5)9(12)13)21-11(14,15)16/h4,9H,2-3H2,1H3. The van der Waals surface area contributed by atoms with Crippen molar-refractivity contribution in [2.24, 2.45) is 0 Å². The Kier molecular flexibility index (Phi) is 6.10. The predicted octanol–water partition coefficient (Wildman–Crippen LogP) is 3.63. The first-order chi connectivity index (χ1) is 9.65. The quantitative estimate of drug-likeness (QED) is 0.411. The summed E-state index contributed by atoms with van der Waals surface area (Å²) in [5.74, 6) is -2.10. The summed E-state index contributed by atoms with van der Waals surface area (Å²) in [6.07, 6.45) is -8.12. The summed E-state index contributed by atoms with van der Waals surface area (Å²) in [5.41, 5.74) is -1.36. The summed E-state index contributed by atoms with van der Waals surface area (Å²) in [7, 11) is 0. The molecule has 0 saturated heterocycles. The highest BCUT2D eigenvalue weighted by Gasteiger charge is 2.35. The molecule has 0 spiro atoms. The number of esters is 1. The Bertz CT molecular complexity index is 521. The van der Waals surface area contributed by atoms with E-state index in [0.717, 1.165) is 6.20 Å². The van der Waals surface area contributed by atoms with Gasteiger partial charge in [-0.05, 0) is 35.1 Å². The summed E-state index contributed by atoms with van der Waals surface area (Å²) in [6.45, 7) is 1.54. The van der Waals surface area contributed by atoms with Crippen molar-refractivity contribution >= 4 is 28.6 Å². The third kappa shape index (κ3) is 5.25. The summed E-state index contributed by atoms with van der Waals surface area (Å²) in [5, 5.41) is 0. The number of carbonyl (C=O) groups is 1. The van der Waals surface area contributed by atoms with Crippen LogP contribution in [0, 0.1) is 3.57 Å². The molecule has 0 bridgehead atoms. The molecule has 4 nitrogen and oxygen atoms in total. The maximum Gasteiger partial charge on any atom is 0.574 e. The van der Waals surface area contributed by atoms with Gasteiger partial charge in [-0.3, -0.25) is 4.79 Å². The topological polar surface area (TPSA) is 48.4 Å². The first kappa shape index (κ1) is 17.9. The van der Waals surface area contributed by atoms with Gasteiger partial charge in [-0.2, -0.15) is 0 Å². The Hall–Kier alpha value is -1.20. The number of rotatable bonds is 5. The predicted molar refractivity (Wildman–Crippen MR) is 68.9 cm³/mol. The number of nitrogens with zero attached hydrogens (tertiary/aromatic N) is 1. The van der Waals surface area contributed by atoms with Crippen molar-refractivity contribution < 1.29 is 36.2 Å². The highest BCUT2D eigenvalue weighted by Crippen LogP contribution is 2.36. The van der Waals surface area contributed by atoms with Gasteiger partial charge in [0.1, 0.15) is 0 Å². The lowest BCUT2D eigenvalue weighted by Crippen LogP contribution is -2.21. The molecule has 21 heavy (non-hydrogen) atoms. The zero-order chi connectivity index (χ0) is 16.2. The van der Waals surface area contributed by atoms with E-state index in [0.29, 0.717) is 0 Å². The molecule has 0 aliphatic carbocycles. The Balaban J connectivity index is 3.27. The summed E-state index contributed by atoms with van der Waals surface area (Å²) >= 11 is 1.59. The lowest BCUT2D eigenvalue weighted by atomic mass is 10.1. The van der Waals surface area contributed by atoms with Gasteiger partial charge in [0.15, 0.2) is 0 Å². The van der Waals surface area contributed by atoms with Crippen molar-refractivity contribution in [3.05, 3.63) is 20.9 Å². The molecule has 0 saturated carbocycles. The van der Waals surface area contributed by atoms with Gasteiger partial charge in [0.05, 0.1) is 18.6 Å². The van der Waals surface area contributed by atoms with Gasteiger partial charge in [0.25, 0.3) is 6.43 Å². The molecule has 0 unspecified atom stereocenters. The molecular weight excluding hydrogens is 416 g/mol. The van der Waals surface area contributed by atoms with Crippen molar-refractivity contribution in [2.45, 2.75) is 26.1 Å². The molecule has 1 heterocycles. The minimum atomic E-state index is -5.16. The highest BCUT2D eigenvalue weighted by molar-refractivity contribution is 14.1. The number of halogens is 6. The molecule has 1 rings (SSSR count). The second-order valence-corrected chi connectivity index (χ2v) is 4.80. The van der Waals surface area contributed by atoms with Crippen molar-refractivity contribution in [3.8, 4) is 5.88 Å². The van der Waals surface area contributed by atoms with Crippen LogP contribution in [-0.4, -0.2) is 23.9 Å². The smallest absolute Gasteiger partial charge is 0.466 e. The second-order valence-electron chi connectivity index (χ2n) is 3.63. The summed E-state index contributed by atoms with van der Waals surface area (Å²) in [6, 6.07) is 0. The fourth-order valence-corrected chi connectivity index (χ4v) is 2.09. The van der Waals surface area contributed by atoms with Gasteiger partial charge in [0.2, 0.25) is 5.88 Å². The number of pyridine rings is 1. The first-order valence-corrected chi connectivity index (χ1v) is 6.60. The van der Waals surface area contributed by atoms with E-state index in [9.17, 15) is 26.7 Å². The van der Waals surface area contributed by atoms with Crippen LogP contribution in [0.5, 0.6) is 5.88 Å². The van der Waals surface area contributed by atoms with Crippen LogP contribution in [0.15, 0.2) is 6.20 Å². The van der Waals surface area contributed by atoms with Gasteiger partial charge in [0, 0.05) is 9.77 Å². The van der Waals surface area contributed by atoms with Crippen LogP contribution in [0.25, 0.3) is 0 Å². The lowest BCUT2D eigenvalue weighted by molar-refractivity contribution is -0.276. The molecule has 1 aromatic rings. The number of hydrogen-bond donors (Lipinski definition) is 0. The fraction of sp³-hybridized carbons (Fsp3) is 0.455. The van der Waals surface area contributed by atoms with Gasteiger partial charge in [-0.15, -0.1) is 13.2 Å². The molecule has 0 atom stereocenters. The van der Waals surface area contributed by atoms with E-state index in [1.54, 1.807) is 22.6 Å². The maximum atomic E-state index is 13.0. The molecule has 0 aromatic carbocycles. The van der Waals surface area contributed by atoms with E-state index < -0.39 is 36.6 Å². The van der Waals surface area contributed by atoms with Crippen molar-refractivity contribution in [1.29, 1.82) is 0 Å². The molecule has 118 valence electrons. The van der Waals surface area contributed by atoms with Crippen LogP contribution in [0.4, 0.5) is 22.0 Å². The third-order valence-electron chi connectivity index (χ3n) is 2.20. The van der Waals surface area contributed by atoms with Crippen LogP contribution < -0.4 is 4.74 Å². The average Bonchev–Trinajstić information content (AvgIpc) is 2.31. The largest absolute Gasteiger partial charge is 0.574 e. The molecular formula is C11H9F5INO3. The molecule has 10 heteroatoms. The Morgan fingerprint density at radius 1 is 1.43 bits per heavy atom. The Morgan fingerprint density at radius 2 is 2.05 bits per heavy atom. The third-order valence-corrected chi connectivity index (χ3v) is 3.13. The van der Waals surface area contributed by atoms with Gasteiger partial charge < -0.3 is 9.47 Å². The molecule has 1 aromatic heterocycles. The number of alkyl halides is 5. The van der Waals surface area contributed by atoms with Crippen molar-refractivity contribution in [1.82, 2.24) is 4.98 Å². The van der Waals surface area contributed by atoms with Crippen LogP contribution in [0.2, 0.25) is 0 Å².